The van der Waals surface area contributed by atoms with Gasteiger partial charge in [-0.2, -0.15) is 0 Å². The minimum atomic E-state index is -0.0178. The third kappa shape index (κ3) is 2.27. The Hall–Kier alpha value is -2.29. The Bertz CT molecular complexity index is 646. The van der Waals surface area contributed by atoms with E-state index >= 15 is 0 Å². The van der Waals surface area contributed by atoms with Gasteiger partial charge in [-0.3, -0.25) is 4.79 Å². The van der Waals surface area contributed by atoms with Crippen LogP contribution in [0, 0.1) is 0 Å². The van der Waals surface area contributed by atoms with Gasteiger partial charge in [-0.25, -0.2) is 0 Å². The normalized spacial score (nSPS) is 13.2. The Morgan fingerprint density at radius 3 is 2.90 bits per heavy atom. The number of aryl methyl sites for hydroxylation is 1. The molecule has 0 amide bonds. The van der Waals surface area contributed by atoms with Crippen LogP contribution in [-0.2, 0) is 6.42 Å². The lowest BCUT2D eigenvalue weighted by molar-refractivity contribution is 0.103. The van der Waals surface area contributed by atoms with Crippen molar-refractivity contribution in [3.8, 4) is 11.5 Å². The molecule has 0 radical (unpaired) electrons. The first-order valence-corrected chi connectivity index (χ1v) is 6.73. The molecule has 2 aromatic carbocycles. The van der Waals surface area contributed by atoms with Crippen LogP contribution in [0.2, 0.25) is 0 Å². The van der Waals surface area contributed by atoms with Crippen molar-refractivity contribution in [2.24, 2.45) is 0 Å². The quantitative estimate of drug-likeness (QED) is 0.802. The molecular weight excluding hydrogens is 252 g/mol. The van der Waals surface area contributed by atoms with E-state index in [1.54, 1.807) is 19.2 Å². The fourth-order valence-corrected chi connectivity index (χ4v) is 2.49. The zero-order chi connectivity index (χ0) is 13.9. The lowest BCUT2D eigenvalue weighted by Gasteiger charge is -2.17. The van der Waals surface area contributed by atoms with E-state index in [-0.39, 0.29) is 5.78 Å². The topological polar surface area (TPSA) is 35.5 Å². The van der Waals surface area contributed by atoms with Gasteiger partial charge in [0.25, 0.3) is 0 Å². The Labute approximate surface area is 118 Å². The van der Waals surface area contributed by atoms with Crippen LogP contribution in [0.1, 0.15) is 27.9 Å². The van der Waals surface area contributed by atoms with Crippen LogP contribution in [-0.4, -0.2) is 19.5 Å². The predicted octanol–water partition coefficient (Wildman–Crippen LogP) is 3.25. The number of ether oxygens (including phenoxy) is 2. The third-order valence-corrected chi connectivity index (χ3v) is 3.52. The smallest absolute Gasteiger partial charge is 0.196 e. The molecule has 1 heterocycles. The van der Waals surface area contributed by atoms with Gasteiger partial charge in [0.1, 0.15) is 11.5 Å². The predicted molar refractivity (Wildman–Crippen MR) is 76.7 cm³/mol. The zero-order valence-corrected chi connectivity index (χ0v) is 11.4. The first kappa shape index (κ1) is 12.7. The van der Waals surface area contributed by atoms with E-state index in [4.69, 9.17) is 9.47 Å². The molecule has 2 aromatic rings. The molecule has 1 aliphatic heterocycles. The third-order valence-electron chi connectivity index (χ3n) is 3.52. The number of hydrogen-bond donors (Lipinski definition) is 0. The Balaban J connectivity index is 1.98. The summed E-state index contributed by atoms with van der Waals surface area (Å²) in [7, 11) is 1.58. The molecular formula is C17H16O3. The van der Waals surface area contributed by atoms with Gasteiger partial charge in [0.2, 0.25) is 0 Å². The Morgan fingerprint density at radius 2 is 2.05 bits per heavy atom. The first-order valence-electron chi connectivity index (χ1n) is 6.73. The van der Waals surface area contributed by atoms with Crippen LogP contribution >= 0.6 is 0 Å². The minimum absolute atomic E-state index is 0.0178. The molecule has 0 atom stereocenters. The molecule has 0 aromatic heterocycles. The Kier molecular flexibility index (Phi) is 3.42. The van der Waals surface area contributed by atoms with Gasteiger partial charge in [-0.15, -0.1) is 0 Å². The molecule has 0 unspecified atom stereocenters. The number of rotatable bonds is 3. The van der Waals surface area contributed by atoms with Gasteiger partial charge >= 0.3 is 0 Å². The monoisotopic (exact) mass is 268 g/mol. The van der Waals surface area contributed by atoms with Crippen molar-refractivity contribution in [3.05, 3.63) is 59.2 Å². The fourth-order valence-electron chi connectivity index (χ4n) is 2.49. The van der Waals surface area contributed by atoms with E-state index in [0.29, 0.717) is 16.9 Å². The molecule has 0 N–H and O–H groups in total. The number of carbonyl (C=O) groups excluding carboxylic acids is 1. The number of carbonyl (C=O) groups is 1. The average molecular weight is 268 g/mol. The van der Waals surface area contributed by atoms with Crippen molar-refractivity contribution >= 4 is 5.78 Å². The molecule has 20 heavy (non-hydrogen) atoms. The summed E-state index contributed by atoms with van der Waals surface area (Å²) >= 11 is 0. The van der Waals surface area contributed by atoms with E-state index in [2.05, 4.69) is 0 Å². The molecule has 0 aliphatic carbocycles. The van der Waals surface area contributed by atoms with E-state index in [9.17, 15) is 4.79 Å². The summed E-state index contributed by atoms with van der Waals surface area (Å²) in [6.07, 6.45) is 1.96. The maximum Gasteiger partial charge on any atom is 0.196 e. The number of benzene rings is 2. The Morgan fingerprint density at radius 1 is 1.20 bits per heavy atom. The van der Waals surface area contributed by atoms with Gasteiger partial charge < -0.3 is 9.47 Å². The van der Waals surface area contributed by atoms with Crippen molar-refractivity contribution in [3.63, 3.8) is 0 Å². The number of para-hydroxylation sites is 1. The summed E-state index contributed by atoms with van der Waals surface area (Å²) in [4.78, 5) is 12.6. The summed E-state index contributed by atoms with van der Waals surface area (Å²) in [6.45, 7) is 0.757. The van der Waals surface area contributed by atoms with E-state index in [1.165, 1.54) is 0 Å². The molecule has 0 bridgehead atoms. The van der Waals surface area contributed by atoms with E-state index in [1.807, 2.05) is 30.3 Å². The SMILES string of the molecule is COc1ccccc1C(=O)c1ccc2c(c1)CCCO2. The summed E-state index contributed by atoms with van der Waals surface area (Å²) < 4.78 is 10.8. The highest BCUT2D eigenvalue weighted by Crippen LogP contribution is 2.28. The second-order valence-electron chi connectivity index (χ2n) is 4.80. The van der Waals surface area contributed by atoms with Crippen molar-refractivity contribution in [1.82, 2.24) is 0 Å². The highest BCUT2D eigenvalue weighted by atomic mass is 16.5. The fraction of sp³-hybridized carbons (Fsp3) is 0.235. The highest BCUT2D eigenvalue weighted by Gasteiger charge is 2.17. The molecule has 0 saturated heterocycles. The van der Waals surface area contributed by atoms with Crippen LogP contribution in [0.25, 0.3) is 0 Å². The van der Waals surface area contributed by atoms with Crippen molar-refractivity contribution in [2.45, 2.75) is 12.8 Å². The minimum Gasteiger partial charge on any atom is -0.496 e. The highest BCUT2D eigenvalue weighted by molar-refractivity contribution is 6.10. The summed E-state index contributed by atoms with van der Waals surface area (Å²) in [5.41, 5.74) is 2.38. The lowest BCUT2D eigenvalue weighted by Crippen LogP contribution is -2.10. The summed E-state index contributed by atoms with van der Waals surface area (Å²) in [5.74, 6) is 1.48. The first-order chi connectivity index (χ1) is 9.79. The lowest BCUT2D eigenvalue weighted by atomic mass is 9.97. The zero-order valence-electron chi connectivity index (χ0n) is 11.4. The molecule has 3 rings (SSSR count). The molecule has 3 heteroatoms. The van der Waals surface area contributed by atoms with Gasteiger partial charge in [-0.1, -0.05) is 12.1 Å². The van der Waals surface area contributed by atoms with Crippen LogP contribution in [0.15, 0.2) is 42.5 Å². The van der Waals surface area contributed by atoms with Gasteiger partial charge in [0.05, 0.1) is 19.3 Å². The average Bonchev–Trinajstić information content (AvgIpc) is 2.53. The van der Waals surface area contributed by atoms with Crippen molar-refractivity contribution < 1.29 is 14.3 Å². The summed E-state index contributed by atoms with van der Waals surface area (Å²) in [6, 6.07) is 12.9. The molecule has 3 nitrogen and oxygen atoms in total. The largest absolute Gasteiger partial charge is 0.496 e. The number of hydrogen-bond acceptors (Lipinski definition) is 3. The molecule has 0 saturated carbocycles. The standard InChI is InChI=1S/C17H16O3/c1-19-16-7-3-2-6-14(16)17(18)13-8-9-15-12(11-13)5-4-10-20-15/h2-3,6-9,11H,4-5,10H2,1H3. The van der Waals surface area contributed by atoms with Crippen molar-refractivity contribution in [1.29, 1.82) is 0 Å². The van der Waals surface area contributed by atoms with Gasteiger partial charge in [0, 0.05) is 5.56 Å². The molecule has 0 spiro atoms. The van der Waals surface area contributed by atoms with Crippen molar-refractivity contribution in [2.75, 3.05) is 13.7 Å². The number of fused-ring (bicyclic) bond motifs is 1. The molecule has 1 aliphatic rings. The van der Waals surface area contributed by atoms with Crippen LogP contribution in [0.5, 0.6) is 11.5 Å². The van der Waals surface area contributed by atoms with Crippen LogP contribution < -0.4 is 9.47 Å². The van der Waals surface area contributed by atoms with Crippen LogP contribution in [0.3, 0.4) is 0 Å². The van der Waals surface area contributed by atoms with Gasteiger partial charge in [0.15, 0.2) is 5.78 Å². The second kappa shape index (κ2) is 5.37. The number of ketones is 1. The van der Waals surface area contributed by atoms with Crippen LogP contribution in [0.4, 0.5) is 0 Å². The summed E-state index contributed by atoms with van der Waals surface area (Å²) in [5, 5.41) is 0. The van der Waals surface area contributed by atoms with E-state index in [0.717, 1.165) is 30.8 Å². The number of methoxy groups -OCH3 is 1. The molecule has 102 valence electrons. The second-order valence-corrected chi connectivity index (χ2v) is 4.80. The maximum atomic E-state index is 12.6. The van der Waals surface area contributed by atoms with E-state index < -0.39 is 0 Å². The van der Waals surface area contributed by atoms with Gasteiger partial charge in [-0.05, 0) is 48.7 Å². The maximum absolute atomic E-state index is 12.6. The molecule has 0 fully saturated rings.